The Morgan fingerprint density at radius 2 is 1.89 bits per heavy atom. The van der Waals surface area contributed by atoms with Crippen molar-refractivity contribution in [2.75, 3.05) is 18.0 Å². The van der Waals surface area contributed by atoms with Gasteiger partial charge >= 0.3 is 0 Å². The van der Waals surface area contributed by atoms with Gasteiger partial charge in [-0.15, -0.1) is 0 Å². The summed E-state index contributed by atoms with van der Waals surface area (Å²) in [7, 11) is 0. The molecule has 0 aliphatic carbocycles. The zero-order valence-electron chi connectivity index (χ0n) is 10.9. The summed E-state index contributed by atoms with van der Waals surface area (Å²) in [5.74, 6) is 1.40. The fraction of sp³-hybridized carbons (Fsp3) is 0.333. The first kappa shape index (κ1) is 12.1. The van der Waals surface area contributed by atoms with Gasteiger partial charge in [0, 0.05) is 43.5 Å². The Hall–Kier alpha value is -1.94. The Kier molecular flexibility index (Phi) is 3.42. The number of anilines is 1. The molecule has 0 spiro atoms. The van der Waals surface area contributed by atoms with Crippen molar-refractivity contribution < 1.29 is 0 Å². The van der Waals surface area contributed by atoms with Gasteiger partial charge < -0.3 is 10.6 Å². The molecule has 0 amide bonds. The number of hydrogen-bond acceptors (Lipinski definition) is 4. The van der Waals surface area contributed by atoms with E-state index in [1.54, 1.807) is 0 Å². The molecule has 1 aliphatic heterocycles. The van der Waals surface area contributed by atoms with Gasteiger partial charge in [-0.2, -0.15) is 0 Å². The summed E-state index contributed by atoms with van der Waals surface area (Å²) in [6.07, 6.45) is 4.79. The molecule has 19 heavy (non-hydrogen) atoms. The van der Waals surface area contributed by atoms with E-state index in [4.69, 9.17) is 5.73 Å². The van der Waals surface area contributed by atoms with Crippen molar-refractivity contribution in [3.8, 4) is 0 Å². The second-order valence-electron chi connectivity index (χ2n) is 4.94. The first-order valence-electron chi connectivity index (χ1n) is 6.67. The van der Waals surface area contributed by atoms with Gasteiger partial charge in [0.2, 0.25) is 5.95 Å². The van der Waals surface area contributed by atoms with Crippen molar-refractivity contribution in [1.29, 1.82) is 0 Å². The lowest BCUT2D eigenvalue weighted by atomic mass is 9.99. The summed E-state index contributed by atoms with van der Waals surface area (Å²) in [5.41, 5.74) is 7.94. The number of hydrogen-bond donors (Lipinski definition) is 1. The summed E-state index contributed by atoms with van der Waals surface area (Å²) in [5, 5.41) is 0. The van der Waals surface area contributed by atoms with Gasteiger partial charge in [0.05, 0.1) is 0 Å². The van der Waals surface area contributed by atoms with Crippen molar-refractivity contribution >= 4 is 5.95 Å². The average Bonchev–Trinajstić information content (AvgIpc) is 2.98. The number of benzene rings is 1. The van der Waals surface area contributed by atoms with Gasteiger partial charge in [0.15, 0.2) is 0 Å². The molecular formula is C15H18N4. The third-order valence-corrected chi connectivity index (χ3v) is 3.67. The minimum atomic E-state index is 0.493. The molecule has 0 saturated carbocycles. The number of nitrogens with zero attached hydrogens (tertiary/aromatic N) is 3. The van der Waals surface area contributed by atoms with Gasteiger partial charge in [-0.3, -0.25) is 0 Å². The van der Waals surface area contributed by atoms with Crippen LogP contribution in [0.4, 0.5) is 5.95 Å². The molecule has 1 atom stereocenters. The quantitative estimate of drug-likeness (QED) is 0.909. The second kappa shape index (κ2) is 5.36. The summed E-state index contributed by atoms with van der Waals surface area (Å²) in [6, 6.07) is 10.7. The van der Waals surface area contributed by atoms with Crippen molar-refractivity contribution in [3.63, 3.8) is 0 Å². The van der Waals surface area contributed by atoms with E-state index in [0.717, 1.165) is 31.0 Å². The van der Waals surface area contributed by atoms with Gasteiger partial charge in [0.25, 0.3) is 0 Å². The molecule has 1 aliphatic rings. The second-order valence-corrected chi connectivity index (χ2v) is 4.94. The van der Waals surface area contributed by atoms with E-state index < -0.39 is 0 Å². The highest BCUT2D eigenvalue weighted by Gasteiger charge is 2.25. The smallest absolute Gasteiger partial charge is 0.225 e. The Morgan fingerprint density at radius 3 is 2.58 bits per heavy atom. The van der Waals surface area contributed by atoms with Crippen LogP contribution in [0.15, 0.2) is 42.7 Å². The third kappa shape index (κ3) is 2.58. The van der Waals surface area contributed by atoms with Gasteiger partial charge in [-0.25, -0.2) is 9.97 Å². The molecular weight excluding hydrogens is 236 g/mol. The van der Waals surface area contributed by atoms with Crippen molar-refractivity contribution in [2.24, 2.45) is 5.73 Å². The molecule has 0 radical (unpaired) electrons. The topological polar surface area (TPSA) is 55.0 Å². The van der Waals surface area contributed by atoms with Crippen molar-refractivity contribution in [1.82, 2.24) is 9.97 Å². The van der Waals surface area contributed by atoms with E-state index in [0.29, 0.717) is 12.5 Å². The van der Waals surface area contributed by atoms with Crippen LogP contribution in [0.3, 0.4) is 0 Å². The molecule has 3 rings (SSSR count). The van der Waals surface area contributed by atoms with Crippen LogP contribution in [0.5, 0.6) is 0 Å². The van der Waals surface area contributed by atoms with E-state index >= 15 is 0 Å². The van der Waals surface area contributed by atoms with E-state index in [9.17, 15) is 0 Å². The lowest BCUT2D eigenvalue weighted by Crippen LogP contribution is -2.21. The molecule has 1 fully saturated rings. The van der Waals surface area contributed by atoms with Crippen LogP contribution in [-0.2, 0) is 6.54 Å². The number of rotatable bonds is 3. The average molecular weight is 254 g/mol. The highest BCUT2D eigenvalue weighted by molar-refractivity contribution is 5.35. The van der Waals surface area contributed by atoms with E-state index in [-0.39, 0.29) is 0 Å². The predicted octanol–water partition coefficient (Wildman–Crippen LogP) is 1.93. The molecule has 1 aromatic heterocycles. The molecule has 1 aromatic carbocycles. The van der Waals surface area contributed by atoms with Crippen LogP contribution in [-0.4, -0.2) is 23.1 Å². The zero-order valence-corrected chi connectivity index (χ0v) is 10.9. The molecule has 1 unspecified atom stereocenters. The van der Waals surface area contributed by atoms with Crippen LogP contribution < -0.4 is 10.6 Å². The SMILES string of the molecule is NCc1cnc(N2CCC(c3ccccc3)C2)nc1. The highest BCUT2D eigenvalue weighted by atomic mass is 15.3. The van der Waals surface area contributed by atoms with Crippen LogP contribution >= 0.6 is 0 Å². The highest BCUT2D eigenvalue weighted by Crippen LogP contribution is 2.28. The maximum atomic E-state index is 5.56. The molecule has 2 aromatic rings. The monoisotopic (exact) mass is 254 g/mol. The lowest BCUT2D eigenvalue weighted by Gasteiger charge is -2.16. The normalized spacial score (nSPS) is 18.8. The van der Waals surface area contributed by atoms with E-state index in [1.807, 2.05) is 12.4 Å². The summed E-state index contributed by atoms with van der Waals surface area (Å²) >= 11 is 0. The summed E-state index contributed by atoms with van der Waals surface area (Å²) in [6.45, 7) is 2.50. The number of nitrogens with two attached hydrogens (primary N) is 1. The molecule has 2 N–H and O–H groups in total. The van der Waals surface area contributed by atoms with E-state index in [2.05, 4.69) is 45.2 Å². The van der Waals surface area contributed by atoms with Crippen LogP contribution in [0.1, 0.15) is 23.5 Å². The fourth-order valence-electron chi connectivity index (χ4n) is 2.56. The first-order valence-corrected chi connectivity index (χ1v) is 6.67. The van der Waals surface area contributed by atoms with Crippen molar-refractivity contribution in [2.45, 2.75) is 18.9 Å². The Labute approximate surface area is 113 Å². The Balaban J connectivity index is 1.71. The van der Waals surface area contributed by atoms with Gasteiger partial charge in [-0.05, 0) is 12.0 Å². The van der Waals surface area contributed by atoms with Gasteiger partial charge in [0.1, 0.15) is 0 Å². The molecule has 4 nitrogen and oxygen atoms in total. The minimum absolute atomic E-state index is 0.493. The summed E-state index contributed by atoms with van der Waals surface area (Å²) in [4.78, 5) is 11.0. The van der Waals surface area contributed by atoms with Crippen LogP contribution in [0, 0.1) is 0 Å². The first-order chi connectivity index (χ1) is 9.36. The maximum Gasteiger partial charge on any atom is 0.225 e. The fourth-order valence-corrected chi connectivity index (χ4v) is 2.56. The minimum Gasteiger partial charge on any atom is -0.340 e. The molecule has 98 valence electrons. The van der Waals surface area contributed by atoms with E-state index in [1.165, 1.54) is 5.56 Å². The molecule has 4 heteroatoms. The predicted molar refractivity (Wildman–Crippen MR) is 75.9 cm³/mol. The molecule has 2 heterocycles. The third-order valence-electron chi connectivity index (χ3n) is 3.67. The van der Waals surface area contributed by atoms with Crippen LogP contribution in [0.25, 0.3) is 0 Å². The molecule has 1 saturated heterocycles. The summed E-state index contributed by atoms with van der Waals surface area (Å²) < 4.78 is 0. The molecule has 0 bridgehead atoms. The lowest BCUT2D eigenvalue weighted by molar-refractivity contribution is 0.772. The standard InChI is InChI=1S/C15H18N4/c16-8-12-9-17-15(18-10-12)19-7-6-14(11-19)13-4-2-1-3-5-13/h1-5,9-10,14H,6-8,11,16H2. The zero-order chi connectivity index (χ0) is 13.1. The largest absolute Gasteiger partial charge is 0.340 e. The van der Waals surface area contributed by atoms with Crippen LogP contribution in [0.2, 0.25) is 0 Å². The van der Waals surface area contributed by atoms with Gasteiger partial charge in [-0.1, -0.05) is 30.3 Å². The Morgan fingerprint density at radius 1 is 1.16 bits per heavy atom. The Bertz CT molecular complexity index is 524. The number of aromatic nitrogens is 2. The van der Waals surface area contributed by atoms with Crippen molar-refractivity contribution in [3.05, 3.63) is 53.9 Å². The maximum absolute atomic E-state index is 5.56.